The zero-order valence-electron chi connectivity index (χ0n) is 15.9. The average molecular weight is 386 g/mol. The van der Waals surface area contributed by atoms with Gasteiger partial charge >= 0.3 is 0 Å². The number of nitrogens with zero attached hydrogens (tertiary/aromatic N) is 4. The Labute approximate surface area is 167 Å². The van der Waals surface area contributed by atoms with E-state index < -0.39 is 5.82 Å². The normalized spacial score (nSPS) is 13.0. The van der Waals surface area contributed by atoms with Gasteiger partial charge in [0.15, 0.2) is 0 Å². The van der Waals surface area contributed by atoms with E-state index in [2.05, 4.69) is 13.0 Å². The molecule has 5 rings (SSSR count). The summed E-state index contributed by atoms with van der Waals surface area (Å²) in [7, 11) is 0. The molecule has 0 saturated heterocycles. The van der Waals surface area contributed by atoms with Crippen molar-refractivity contribution in [2.75, 3.05) is 0 Å². The highest BCUT2D eigenvalue weighted by Gasteiger charge is 2.32. The number of carbonyl (C=O) groups excluding carboxylic acids is 1. The molecule has 1 aliphatic heterocycles. The van der Waals surface area contributed by atoms with Crippen molar-refractivity contribution in [3.05, 3.63) is 101 Å². The molecule has 0 spiro atoms. The number of aromatic nitrogens is 3. The highest BCUT2D eigenvalue weighted by atomic mass is 19.1. The predicted octanol–water partition coefficient (Wildman–Crippen LogP) is 4.27. The van der Waals surface area contributed by atoms with Crippen LogP contribution in [0.4, 0.5) is 4.39 Å². The first-order chi connectivity index (χ1) is 14.1. The number of aryl methyl sites for hydroxylation is 1. The lowest BCUT2D eigenvalue weighted by atomic mass is 10.2. The third-order valence-electron chi connectivity index (χ3n) is 5.31. The first-order valence-electron chi connectivity index (χ1n) is 9.47. The van der Waals surface area contributed by atoms with E-state index in [0.29, 0.717) is 13.1 Å². The van der Waals surface area contributed by atoms with Crippen molar-refractivity contribution in [3.63, 3.8) is 0 Å². The standard InChI is InChI=1S/C23H19FN4O/c1-16-8-2-5-11-21(16)28-22(26-12-6-7-13-26)18-14-27(15-20(18)25-28)23(29)17-9-3-4-10-19(17)24/h2-13H,14-15H2,1H3. The van der Waals surface area contributed by atoms with E-state index in [9.17, 15) is 9.18 Å². The summed E-state index contributed by atoms with van der Waals surface area (Å²) in [6.07, 6.45) is 3.93. The van der Waals surface area contributed by atoms with Gasteiger partial charge in [-0.1, -0.05) is 30.3 Å². The number of carbonyl (C=O) groups is 1. The van der Waals surface area contributed by atoms with Crippen LogP contribution in [0.15, 0.2) is 73.1 Å². The lowest BCUT2D eigenvalue weighted by Crippen LogP contribution is -2.27. The minimum Gasteiger partial charge on any atom is -0.328 e. The average Bonchev–Trinajstić information content (AvgIpc) is 3.44. The predicted molar refractivity (Wildman–Crippen MR) is 108 cm³/mol. The van der Waals surface area contributed by atoms with Gasteiger partial charge in [0.1, 0.15) is 11.6 Å². The Morgan fingerprint density at radius 2 is 1.69 bits per heavy atom. The van der Waals surface area contributed by atoms with Gasteiger partial charge < -0.3 is 9.47 Å². The summed E-state index contributed by atoms with van der Waals surface area (Å²) < 4.78 is 18.1. The van der Waals surface area contributed by atoms with Gasteiger partial charge in [-0.3, -0.25) is 4.79 Å². The van der Waals surface area contributed by atoms with Crippen molar-refractivity contribution in [1.29, 1.82) is 0 Å². The second kappa shape index (κ2) is 6.74. The number of halogens is 1. The maximum absolute atomic E-state index is 14.1. The van der Waals surface area contributed by atoms with Crippen molar-refractivity contribution in [2.24, 2.45) is 0 Å². The van der Waals surface area contributed by atoms with Crippen LogP contribution in [-0.2, 0) is 13.1 Å². The van der Waals surface area contributed by atoms with Crippen LogP contribution in [0.3, 0.4) is 0 Å². The van der Waals surface area contributed by atoms with Crippen LogP contribution in [0.5, 0.6) is 0 Å². The Morgan fingerprint density at radius 1 is 0.966 bits per heavy atom. The molecule has 0 radical (unpaired) electrons. The first-order valence-corrected chi connectivity index (χ1v) is 9.47. The fraction of sp³-hybridized carbons (Fsp3) is 0.130. The van der Waals surface area contributed by atoms with Crippen LogP contribution in [0.2, 0.25) is 0 Å². The molecule has 0 atom stereocenters. The maximum Gasteiger partial charge on any atom is 0.257 e. The molecule has 4 aromatic rings. The summed E-state index contributed by atoms with van der Waals surface area (Å²) in [6.45, 7) is 2.80. The third-order valence-corrected chi connectivity index (χ3v) is 5.31. The smallest absolute Gasteiger partial charge is 0.257 e. The topological polar surface area (TPSA) is 43.1 Å². The molecule has 0 unspecified atom stereocenters. The summed E-state index contributed by atoms with van der Waals surface area (Å²) in [6, 6.07) is 18.1. The highest BCUT2D eigenvalue weighted by Crippen LogP contribution is 2.32. The number of amides is 1. The molecule has 0 bridgehead atoms. The number of hydrogen-bond donors (Lipinski definition) is 0. The van der Waals surface area contributed by atoms with Gasteiger partial charge in [0.05, 0.1) is 30.0 Å². The summed E-state index contributed by atoms with van der Waals surface area (Å²) in [5.41, 5.74) is 4.02. The molecule has 2 aromatic carbocycles. The molecule has 29 heavy (non-hydrogen) atoms. The second-order valence-electron chi connectivity index (χ2n) is 7.18. The van der Waals surface area contributed by atoms with Crippen molar-refractivity contribution >= 4 is 5.91 Å². The van der Waals surface area contributed by atoms with Gasteiger partial charge in [0.25, 0.3) is 5.91 Å². The zero-order chi connectivity index (χ0) is 20.0. The Bertz CT molecular complexity index is 1210. The second-order valence-corrected chi connectivity index (χ2v) is 7.18. The summed E-state index contributed by atoms with van der Waals surface area (Å²) >= 11 is 0. The van der Waals surface area contributed by atoms with E-state index in [0.717, 1.165) is 28.3 Å². The van der Waals surface area contributed by atoms with E-state index in [-0.39, 0.29) is 11.5 Å². The molecule has 144 valence electrons. The van der Waals surface area contributed by atoms with E-state index in [1.165, 1.54) is 12.1 Å². The van der Waals surface area contributed by atoms with Crippen molar-refractivity contribution < 1.29 is 9.18 Å². The molecular formula is C23H19FN4O. The fourth-order valence-electron chi connectivity index (χ4n) is 3.86. The number of rotatable bonds is 3. The highest BCUT2D eigenvalue weighted by molar-refractivity contribution is 5.94. The van der Waals surface area contributed by atoms with Crippen LogP contribution in [-0.4, -0.2) is 25.2 Å². The lowest BCUT2D eigenvalue weighted by molar-refractivity contribution is 0.0744. The van der Waals surface area contributed by atoms with E-state index in [1.54, 1.807) is 17.0 Å². The van der Waals surface area contributed by atoms with Gasteiger partial charge in [0, 0.05) is 18.0 Å². The molecule has 5 nitrogen and oxygen atoms in total. The first kappa shape index (κ1) is 17.4. The van der Waals surface area contributed by atoms with Crippen molar-refractivity contribution in [2.45, 2.75) is 20.0 Å². The largest absolute Gasteiger partial charge is 0.328 e. The summed E-state index contributed by atoms with van der Waals surface area (Å²) in [5, 5.41) is 4.83. The Kier molecular flexibility index (Phi) is 4.05. The van der Waals surface area contributed by atoms with Crippen molar-refractivity contribution in [3.8, 4) is 11.5 Å². The molecule has 0 aliphatic carbocycles. The molecular weight excluding hydrogens is 367 g/mol. The van der Waals surface area contributed by atoms with Crippen LogP contribution < -0.4 is 0 Å². The van der Waals surface area contributed by atoms with Crippen LogP contribution in [0.1, 0.15) is 27.2 Å². The molecule has 1 amide bonds. The molecule has 3 heterocycles. The minimum absolute atomic E-state index is 0.0898. The number of benzene rings is 2. The zero-order valence-corrected chi connectivity index (χ0v) is 15.9. The van der Waals surface area contributed by atoms with Gasteiger partial charge in [0.2, 0.25) is 0 Å². The van der Waals surface area contributed by atoms with Gasteiger partial charge in [-0.15, -0.1) is 0 Å². The third kappa shape index (κ3) is 2.84. The Hall–Kier alpha value is -3.67. The van der Waals surface area contributed by atoms with E-state index in [1.807, 2.05) is 52.0 Å². The molecule has 1 aliphatic rings. The molecule has 0 N–H and O–H groups in total. The van der Waals surface area contributed by atoms with Crippen molar-refractivity contribution in [1.82, 2.24) is 19.2 Å². The monoisotopic (exact) mass is 386 g/mol. The lowest BCUT2D eigenvalue weighted by Gasteiger charge is -2.18. The van der Waals surface area contributed by atoms with E-state index >= 15 is 0 Å². The SMILES string of the molecule is Cc1ccccc1-n1nc2c(c1-n1cccc1)CN(C(=O)c1ccccc1F)C2. The number of fused-ring (bicyclic) bond motifs is 1. The van der Waals surface area contributed by atoms with Gasteiger partial charge in [-0.25, -0.2) is 9.07 Å². The van der Waals surface area contributed by atoms with Gasteiger partial charge in [-0.2, -0.15) is 5.10 Å². The minimum atomic E-state index is -0.502. The fourth-order valence-corrected chi connectivity index (χ4v) is 3.86. The summed E-state index contributed by atoms with van der Waals surface area (Å²) in [5.74, 6) is 0.0859. The quantitative estimate of drug-likeness (QED) is 0.528. The Morgan fingerprint density at radius 3 is 2.45 bits per heavy atom. The molecule has 6 heteroatoms. The number of hydrogen-bond acceptors (Lipinski definition) is 2. The molecule has 2 aromatic heterocycles. The summed E-state index contributed by atoms with van der Waals surface area (Å²) in [4.78, 5) is 14.5. The maximum atomic E-state index is 14.1. The molecule has 0 saturated carbocycles. The molecule has 0 fully saturated rings. The Balaban J connectivity index is 1.58. The van der Waals surface area contributed by atoms with Gasteiger partial charge in [-0.05, 0) is 42.8 Å². The van der Waals surface area contributed by atoms with E-state index in [4.69, 9.17) is 5.10 Å². The number of para-hydroxylation sites is 1. The van der Waals surface area contributed by atoms with Crippen LogP contribution >= 0.6 is 0 Å². The van der Waals surface area contributed by atoms with Crippen LogP contribution in [0.25, 0.3) is 11.5 Å². The van der Waals surface area contributed by atoms with Crippen LogP contribution in [0, 0.1) is 12.7 Å².